The molecule has 8 heteroatoms. The largest absolute Gasteiger partial charge is 0.395 e. The van der Waals surface area contributed by atoms with Crippen LogP contribution in [0.4, 0.5) is 5.69 Å². The highest BCUT2D eigenvalue weighted by molar-refractivity contribution is 6.00. The normalized spacial score (nSPS) is 18.6. The molecule has 1 fully saturated rings. The number of nitrogens with two attached hydrogens (primary N) is 1. The Hall–Kier alpha value is -2.09. The third-order valence-electron chi connectivity index (χ3n) is 3.51. The number of aromatic nitrogens is 2. The van der Waals surface area contributed by atoms with E-state index in [1.165, 1.54) is 9.58 Å². The zero-order valence-corrected chi connectivity index (χ0v) is 12.5. The second-order valence-electron chi connectivity index (χ2n) is 4.96. The van der Waals surface area contributed by atoms with Gasteiger partial charge in [-0.25, -0.2) is 0 Å². The number of carbonyl (C=O) groups excluding carboxylic acids is 2. The van der Waals surface area contributed by atoms with E-state index in [2.05, 4.69) is 10.4 Å². The smallest absolute Gasteiger partial charge is 0.275 e. The number of nitrogens with one attached hydrogen (secondary N) is 1. The van der Waals surface area contributed by atoms with E-state index in [9.17, 15) is 9.59 Å². The molecule has 1 aliphatic heterocycles. The highest BCUT2D eigenvalue weighted by Gasteiger charge is 2.35. The van der Waals surface area contributed by atoms with Gasteiger partial charge in [-0.15, -0.1) is 0 Å². The number of morpholine rings is 1. The van der Waals surface area contributed by atoms with Gasteiger partial charge in [-0.2, -0.15) is 5.10 Å². The Morgan fingerprint density at radius 1 is 1.52 bits per heavy atom. The highest BCUT2D eigenvalue weighted by Crippen LogP contribution is 2.20. The summed E-state index contributed by atoms with van der Waals surface area (Å²) in [4.78, 5) is 26.3. The second-order valence-corrected chi connectivity index (χ2v) is 4.96. The van der Waals surface area contributed by atoms with Crippen molar-refractivity contribution in [2.45, 2.75) is 19.9 Å². The van der Waals surface area contributed by atoms with Gasteiger partial charge in [-0.05, 0) is 13.8 Å². The minimum absolute atomic E-state index is 0.189. The van der Waals surface area contributed by atoms with Crippen molar-refractivity contribution in [2.75, 3.05) is 32.0 Å². The van der Waals surface area contributed by atoms with Crippen molar-refractivity contribution in [1.82, 2.24) is 20.0 Å². The number of aryl methyl sites for hydroxylation is 2. The molecular weight excluding hydrogens is 274 g/mol. The third-order valence-corrected chi connectivity index (χ3v) is 3.51. The lowest BCUT2D eigenvalue weighted by Crippen LogP contribution is -2.56. The first-order valence-electron chi connectivity index (χ1n) is 6.92. The molecule has 1 saturated heterocycles. The fourth-order valence-electron chi connectivity index (χ4n) is 2.42. The van der Waals surface area contributed by atoms with Crippen LogP contribution in [0, 0.1) is 6.92 Å². The Morgan fingerprint density at radius 2 is 2.24 bits per heavy atom. The summed E-state index contributed by atoms with van der Waals surface area (Å²) in [5.74, 6) is -0.516. The summed E-state index contributed by atoms with van der Waals surface area (Å²) < 4.78 is 6.78. The van der Waals surface area contributed by atoms with E-state index in [1.807, 2.05) is 6.92 Å². The van der Waals surface area contributed by atoms with Gasteiger partial charge in [-0.3, -0.25) is 14.3 Å². The molecule has 8 nitrogen and oxygen atoms in total. The summed E-state index contributed by atoms with van der Waals surface area (Å²) >= 11 is 0. The summed E-state index contributed by atoms with van der Waals surface area (Å²) in [6, 6.07) is -0.638. The van der Waals surface area contributed by atoms with E-state index in [-0.39, 0.29) is 18.4 Å². The predicted molar refractivity (Wildman–Crippen MR) is 76.7 cm³/mol. The number of nitrogen functional groups attached to an aromatic ring is 1. The fraction of sp³-hybridized carbons (Fsp3) is 0.615. The number of carbonyl (C=O) groups is 2. The van der Waals surface area contributed by atoms with Gasteiger partial charge in [0.05, 0.1) is 24.6 Å². The molecule has 1 aromatic heterocycles. The van der Waals surface area contributed by atoms with Crippen molar-refractivity contribution in [1.29, 1.82) is 0 Å². The molecule has 0 aliphatic carbocycles. The standard InChI is InChI=1S/C13H21N5O3/c1-4-15-12(19)9-7-21-6-5-18(9)13(20)11-10(14)8(2)16-17(11)3/h9H,4-7,14H2,1-3H3,(H,15,19). The van der Waals surface area contributed by atoms with Crippen molar-refractivity contribution < 1.29 is 14.3 Å². The minimum atomic E-state index is -0.638. The molecule has 1 atom stereocenters. The van der Waals surface area contributed by atoms with E-state index in [0.29, 0.717) is 36.8 Å². The number of nitrogens with zero attached hydrogens (tertiary/aromatic N) is 3. The topological polar surface area (TPSA) is 102 Å². The van der Waals surface area contributed by atoms with Gasteiger partial charge >= 0.3 is 0 Å². The molecule has 0 bridgehead atoms. The molecule has 2 amide bonds. The minimum Gasteiger partial charge on any atom is -0.395 e. The maximum Gasteiger partial charge on any atom is 0.275 e. The molecular formula is C13H21N5O3. The molecule has 2 heterocycles. The Labute approximate surface area is 123 Å². The summed E-state index contributed by atoms with van der Waals surface area (Å²) in [5, 5.41) is 6.86. The lowest BCUT2D eigenvalue weighted by molar-refractivity contribution is -0.130. The van der Waals surface area contributed by atoms with Crippen LogP contribution in [0.25, 0.3) is 0 Å². The third kappa shape index (κ3) is 2.85. The van der Waals surface area contributed by atoms with Crippen LogP contribution < -0.4 is 11.1 Å². The van der Waals surface area contributed by atoms with Gasteiger partial charge in [0.2, 0.25) is 5.91 Å². The predicted octanol–water partition coefficient (Wildman–Crippen LogP) is -0.712. The van der Waals surface area contributed by atoms with Crippen LogP contribution in [0.3, 0.4) is 0 Å². The van der Waals surface area contributed by atoms with Crippen molar-refractivity contribution >= 4 is 17.5 Å². The Bertz CT molecular complexity index is 554. The zero-order valence-electron chi connectivity index (χ0n) is 12.5. The van der Waals surface area contributed by atoms with Crippen LogP contribution in [0.15, 0.2) is 0 Å². The van der Waals surface area contributed by atoms with Crippen LogP contribution in [-0.2, 0) is 16.6 Å². The summed E-state index contributed by atoms with van der Waals surface area (Å²) in [6.45, 7) is 5.02. The molecule has 1 unspecified atom stereocenters. The van der Waals surface area contributed by atoms with Gasteiger partial charge < -0.3 is 20.7 Å². The maximum absolute atomic E-state index is 12.7. The zero-order chi connectivity index (χ0) is 15.6. The van der Waals surface area contributed by atoms with Gasteiger partial charge in [0.15, 0.2) is 0 Å². The molecule has 2 rings (SSSR count). The monoisotopic (exact) mass is 295 g/mol. The lowest BCUT2D eigenvalue weighted by Gasteiger charge is -2.34. The quantitative estimate of drug-likeness (QED) is 0.766. The Balaban J connectivity index is 2.28. The van der Waals surface area contributed by atoms with E-state index in [0.717, 1.165) is 0 Å². The van der Waals surface area contributed by atoms with Gasteiger partial charge in [0.1, 0.15) is 11.7 Å². The second kappa shape index (κ2) is 6.13. The summed E-state index contributed by atoms with van der Waals surface area (Å²) in [5.41, 5.74) is 7.19. The lowest BCUT2D eigenvalue weighted by atomic mass is 10.1. The highest BCUT2D eigenvalue weighted by atomic mass is 16.5. The van der Waals surface area contributed by atoms with Crippen molar-refractivity contribution in [2.24, 2.45) is 7.05 Å². The van der Waals surface area contributed by atoms with Crippen molar-refractivity contribution in [3.05, 3.63) is 11.4 Å². The van der Waals surface area contributed by atoms with Crippen LogP contribution in [0.1, 0.15) is 23.1 Å². The van der Waals surface area contributed by atoms with Crippen LogP contribution in [-0.4, -0.2) is 58.8 Å². The van der Waals surface area contributed by atoms with E-state index in [4.69, 9.17) is 10.5 Å². The summed E-state index contributed by atoms with van der Waals surface area (Å²) in [6.07, 6.45) is 0. The number of likely N-dealkylation sites (N-methyl/N-ethyl adjacent to an activating group) is 1. The molecule has 0 saturated carbocycles. The number of ether oxygens (including phenoxy) is 1. The molecule has 0 aromatic carbocycles. The molecule has 0 spiro atoms. The molecule has 21 heavy (non-hydrogen) atoms. The number of hydrogen-bond acceptors (Lipinski definition) is 5. The van der Waals surface area contributed by atoms with Gasteiger partial charge in [-0.1, -0.05) is 0 Å². The number of anilines is 1. The van der Waals surface area contributed by atoms with Gasteiger partial charge in [0, 0.05) is 20.1 Å². The number of amides is 2. The van der Waals surface area contributed by atoms with E-state index < -0.39 is 6.04 Å². The average Bonchev–Trinajstić information content (AvgIpc) is 2.72. The first-order valence-corrected chi connectivity index (χ1v) is 6.92. The maximum atomic E-state index is 12.7. The van der Waals surface area contributed by atoms with Crippen molar-refractivity contribution in [3.63, 3.8) is 0 Å². The SMILES string of the molecule is CCNC(=O)C1COCCN1C(=O)c1c(N)c(C)nn1C. The first kappa shape index (κ1) is 15.3. The molecule has 0 radical (unpaired) electrons. The first-order chi connectivity index (χ1) is 9.97. The molecule has 3 N–H and O–H groups in total. The van der Waals surface area contributed by atoms with Crippen LogP contribution in [0.2, 0.25) is 0 Å². The molecule has 1 aromatic rings. The van der Waals surface area contributed by atoms with E-state index >= 15 is 0 Å². The number of rotatable bonds is 3. The number of hydrogen-bond donors (Lipinski definition) is 2. The van der Waals surface area contributed by atoms with Crippen LogP contribution >= 0.6 is 0 Å². The molecule has 116 valence electrons. The fourth-order valence-corrected chi connectivity index (χ4v) is 2.42. The van der Waals surface area contributed by atoms with Gasteiger partial charge in [0.25, 0.3) is 5.91 Å². The Kier molecular flexibility index (Phi) is 4.46. The molecule has 1 aliphatic rings. The van der Waals surface area contributed by atoms with Crippen molar-refractivity contribution in [3.8, 4) is 0 Å². The van der Waals surface area contributed by atoms with Crippen LogP contribution in [0.5, 0.6) is 0 Å². The summed E-state index contributed by atoms with van der Waals surface area (Å²) in [7, 11) is 1.66. The average molecular weight is 295 g/mol. The van der Waals surface area contributed by atoms with E-state index in [1.54, 1.807) is 14.0 Å². The Morgan fingerprint density at radius 3 is 2.81 bits per heavy atom.